The molecular weight excluding hydrogens is 328 g/mol. The summed E-state index contributed by atoms with van der Waals surface area (Å²) in [6.45, 7) is 1.37. The topological polar surface area (TPSA) is 86.1 Å². The van der Waals surface area contributed by atoms with Gasteiger partial charge in [0.2, 0.25) is 0 Å². The first kappa shape index (κ1) is 15.8. The van der Waals surface area contributed by atoms with Gasteiger partial charge in [-0.3, -0.25) is 0 Å². The van der Waals surface area contributed by atoms with E-state index in [1.165, 1.54) is 12.7 Å². The normalized spacial score (nSPS) is 11.2. The first-order chi connectivity index (χ1) is 12.8. The summed E-state index contributed by atoms with van der Waals surface area (Å²) in [7, 11) is 0. The van der Waals surface area contributed by atoms with E-state index in [-0.39, 0.29) is 0 Å². The lowest BCUT2D eigenvalue weighted by molar-refractivity contribution is 0.685. The van der Waals surface area contributed by atoms with Gasteiger partial charge in [0, 0.05) is 0 Å². The van der Waals surface area contributed by atoms with Gasteiger partial charge in [0.25, 0.3) is 0 Å². The van der Waals surface area contributed by atoms with Crippen LogP contribution in [0.2, 0.25) is 0 Å². The zero-order valence-electron chi connectivity index (χ0n) is 13.9. The molecule has 0 aliphatic carbocycles. The molecule has 0 saturated heterocycles. The molecule has 0 spiro atoms. The lowest BCUT2D eigenvalue weighted by atomic mass is 10.2. The summed E-state index contributed by atoms with van der Waals surface area (Å²) >= 11 is 0. The van der Waals surface area contributed by atoms with Gasteiger partial charge in [0.15, 0.2) is 0 Å². The van der Waals surface area contributed by atoms with Crippen LogP contribution in [-0.4, -0.2) is 29.5 Å². The third kappa shape index (κ3) is 4.04. The minimum Gasteiger partial charge on any atom is -0.249 e. The van der Waals surface area contributed by atoms with E-state index in [0.717, 1.165) is 22.5 Å². The van der Waals surface area contributed by atoms with E-state index in [9.17, 15) is 0 Å². The average Bonchev–Trinajstić information content (AvgIpc) is 3.37. The molecule has 0 aliphatic rings. The predicted octanol–water partition coefficient (Wildman–Crippen LogP) is 3.38. The highest BCUT2D eigenvalue weighted by Gasteiger charge is 1.98. The van der Waals surface area contributed by atoms with Crippen LogP contribution in [0.15, 0.2) is 84.1 Å². The molecule has 0 fully saturated rings. The van der Waals surface area contributed by atoms with Gasteiger partial charge in [-0.1, -0.05) is 24.3 Å². The Balaban J connectivity index is 1.38. The smallest absolute Gasteiger partial charge is 0.137 e. The minimum atomic E-state index is 0.685. The maximum Gasteiger partial charge on any atom is 0.137 e. The van der Waals surface area contributed by atoms with Crippen LogP contribution in [0.3, 0.4) is 0 Å². The fourth-order valence-electron chi connectivity index (χ4n) is 2.45. The molecule has 4 rings (SSSR count). The Morgan fingerprint density at radius 1 is 0.615 bits per heavy atom. The molecule has 0 amide bonds. The van der Waals surface area contributed by atoms with Crippen LogP contribution >= 0.6 is 0 Å². The largest absolute Gasteiger partial charge is 0.249 e. The molecular formula is C18H16N8. The molecule has 0 bridgehead atoms. The van der Waals surface area contributed by atoms with Crippen molar-refractivity contribution in [3.63, 3.8) is 0 Å². The number of azo groups is 1. The van der Waals surface area contributed by atoms with Crippen molar-refractivity contribution in [2.45, 2.75) is 13.1 Å². The number of aromatic nitrogens is 6. The van der Waals surface area contributed by atoms with Crippen molar-refractivity contribution in [2.24, 2.45) is 10.2 Å². The highest BCUT2D eigenvalue weighted by atomic mass is 15.3. The maximum absolute atomic E-state index is 4.28. The molecule has 128 valence electrons. The first-order valence-corrected chi connectivity index (χ1v) is 8.10. The molecule has 0 atom stereocenters. The molecule has 0 unspecified atom stereocenters. The van der Waals surface area contributed by atoms with Gasteiger partial charge in [-0.2, -0.15) is 20.4 Å². The lowest BCUT2D eigenvalue weighted by Gasteiger charge is -2.02. The monoisotopic (exact) mass is 344 g/mol. The van der Waals surface area contributed by atoms with E-state index >= 15 is 0 Å². The van der Waals surface area contributed by atoms with Crippen LogP contribution in [0.1, 0.15) is 11.1 Å². The number of nitrogens with zero attached hydrogens (tertiary/aromatic N) is 8. The summed E-state index contributed by atoms with van der Waals surface area (Å²) in [5, 5.41) is 16.8. The standard InChI is InChI=1S/C18H16N8/c1-5-17(6-2-15(1)9-25-13-19-11-21-25)23-24-18-7-3-16(4-8-18)10-26-14-20-12-22-26/h1-8,11-14H,9-10H2. The summed E-state index contributed by atoms with van der Waals surface area (Å²) < 4.78 is 3.55. The third-order valence-electron chi connectivity index (χ3n) is 3.78. The molecule has 8 nitrogen and oxygen atoms in total. The molecule has 0 saturated carbocycles. The zero-order chi connectivity index (χ0) is 17.6. The Morgan fingerprint density at radius 2 is 1.04 bits per heavy atom. The average molecular weight is 344 g/mol. The van der Waals surface area contributed by atoms with Gasteiger partial charge in [-0.25, -0.2) is 19.3 Å². The van der Waals surface area contributed by atoms with Crippen LogP contribution in [0.25, 0.3) is 0 Å². The van der Waals surface area contributed by atoms with E-state index in [1.54, 1.807) is 22.0 Å². The fraction of sp³-hybridized carbons (Fsp3) is 0.111. The van der Waals surface area contributed by atoms with Gasteiger partial charge in [-0.05, 0) is 35.4 Å². The lowest BCUT2D eigenvalue weighted by Crippen LogP contribution is -1.99. The van der Waals surface area contributed by atoms with Crippen molar-refractivity contribution in [3.8, 4) is 0 Å². The second-order valence-corrected chi connectivity index (χ2v) is 5.72. The number of rotatable bonds is 6. The van der Waals surface area contributed by atoms with Gasteiger partial charge < -0.3 is 0 Å². The SMILES string of the molecule is c1ncn(Cc2ccc(N=Nc3ccc(Cn4cncn4)cc3)cc2)n1. The number of hydrogen-bond acceptors (Lipinski definition) is 6. The quantitative estimate of drug-likeness (QED) is 0.502. The minimum absolute atomic E-state index is 0.685. The Hall–Kier alpha value is -3.68. The van der Waals surface area contributed by atoms with E-state index in [4.69, 9.17) is 0 Å². The molecule has 2 aromatic heterocycles. The van der Waals surface area contributed by atoms with Crippen LogP contribution in [0, 0.1) is 0 Å². The van der Waals surface area contributed by atoms with E-state index in [2.05, 4.69) is 30.4 Å². The van der Waals surface area contributed by atoms with Crippen molar-refractivity contribution in [2.75, 3.05) is 0 Å². The van der Waals surface area contributed by atoms with Crippen LogP contribution in [-0.2, 0) is 13.1 Å². The van der Waals surface area contributed by atoms with Gasteiger partial charge in [0.1, 0.15) is 25.3 Å². The Kier molecular flexibility index (Phi) is 4.55. The molecule has 8 heteroatoms. The molecule has 2 aromatic carbocycles. The highest BCUT2D eigenvalue weighted by Crippen LogP contribution is 2.19. The van der Waals surface area contributed by atoms with E-state index in [0.29, 0.717) is 13.1 Å². The second kappa shape index (κ2) is 7.47. The summed E-state index contributed by atoms with van der Waals surface area (Å²) in [5.41, 5.74) is 3.87. The summed E-state index contributed by atoms with van der Waals surface area (Å²) in [5.74, 6) is 0. The summed E-state index contributed by atoms with van der Waals surface area (Å²) in [6.07, 6.45) is 6.44. The Bertz CT molecular complexity index is 873. The van der Waals surface area contributed by atoms with Crippen molar-refractivity contribution in [3.05, 3.63) is 85.0 Å². The highest BCUT2D eigenvalue weighted by molar-refractivity contribution is 5.42. The second-order valence-electron chi connectivity index (χ2n) is 5.72. The van der Waals surface area contributed by atoms with Crippen LogP contribution in [0.4, 0.5) is 11.4 Å². The van der Waals surface area contributed by atoms with Crippen molar-refractivity contribution < 1.29 is 0 Å². The molecule has 0 N–H and O–H groups in total. The van der Waals surface area contributed by atoms with Crippen LogP contribution < -0.4 is 0 Å². The first-order valence-electron chi connectivity index (χ1n) is 8.10. The van der Waals surface area contributed by atoms with Gasteiger partial charge in [-0.15, -0.1) is 0 Å². The third-order valence-corrected chi connectivity index (χ3v) is 3.78. The molecule has 0 aliphatic heterocycles. The summed E-state index contributed by atoms with van der Waals surface area (Å²) in [6, 6.07) is 15.8. The Labute approximate surface area is 149 Å². The Morgan fingerprint density at radius 3 is 1.38 bits per heavy atom. The van der Waals surface area contributed by atoms with Crippen molar-refractivity contribution >= 4 is 11.4 Å². The van der Waals surface area contributed by atoms with Crippen molar-refractivity contribution in [1.82, 2.24) is 29.5 Å². The van der Waals surface area contributed by atoms with Crippen LogP contribution in [0.5, 0.6) is 0 Å². The molecule has 4 aromatic rings. The molecule has 2 heterocycles. The number of benzene rings is 2. The summed E-state index contributed by atoms with van der Waals surface area (Å²) in [4.78, 5) is 7.87. The maximum atomic E-state index is 4.28. The fourth-order valence-corrected chi connectivity index (χ4v) is 2.45. The van der Waals surface area contributed by atoms with Crippen molar-refractivity contribution in [1.29, 1.82) is 0 Å². The molecule has 26 heavy (non-hydrogen) atoms. The van der Waals surface area contributed by atoms with Gasteiger partial charge >= 0.3 is 0 Å². The molecule has 0 radical (unpaired) electrons. The number of hydrogen-bond donors (Lipinski definition) is 0. The zero-order valence-corrected chi connectivity index (χ0v) is 13.9. The van der Waals surface area contributed by atoms with E-state index in [1.807, 2.05) is 48.5 Å². The predicted molar refractivity (Wildman–Crippen MR) is 95.3 cm³/mol. The van der Waals surface area contributed by atoms with Gasteiger partial charge in [0.05, 0.1) is 24.5 Å². The van der Waals surface area contributed by atoms with E-state index < -0.39 is 0 Å².